The van der Waals surface area contributed by atoms with E-state index >= 15 is 0 Å². The molecule has 0 amide bonds. The molecule has 0 aliphatic heterocycles. The van der Waals surface area contributed by atoms with Gasteiger partial charge in [-0.2, -0.15) is 0 Å². The van der Waals surface area contributed by atoms with Crippen LogP contribution in [0.25, 0.3) is 0 Å². The lowest BCUT2D eigenvalue weighted by atomic mass is 10.0. The predicted octanol–water partition coefficient (Wildman–Crippen LogP) is 4.56. The predicted molar refractivity (Wildman–Crippen MR) is 77.7 cm³/mol. The Morgan fingerprint density at radius 2 is 2.22 bits per heavy atom. The van der Waals surface area contributed by atoms with Crippen LogP contribution in [-0.2, 0) is 6.42 Å². The minimum absolute atomic E-state index is 0.180. The van der Waals surface area contributed by atoms with Crippen LogP contribution in [0, 0.1) is 6.92 Å². The molecule has 1 atom stereocenters. The standard InChI is InChI=1S/C14H18ClNOS/c1-4-11-10(6-7-17-11)13(16-5-2)12-8-9(3)14(15)18-12/h6-8,13,16H,4-5H2,1-3H3. The first-order valence-corrected chi connectivity index (χ1v) is 7.42. The lowest BCUT2D eigenvalue weighted by Crippen LogP contribution is -2.21. The van der Waals surface area contributed by atoms with Crippen molar-refractivity contribution in [1.82, 2.24) is 5.32 Å². The van der Waals surface area contributed by atoms with Gasteiger partial charge in [0.25, 0.3) is 0 Å². The molecule has 0 aliphatic carbocycles. The van der Waals surface area contributed by atoms with Crippen LogP contribution in [0.2, 0.25) is 4.34 Å². The quantitative estimate of drug-likeness (QED) is 0.870. The summed E-state index contributed by atoms with van der Waals surface area (Å²) in [5.41, 5.74) is 2.36. The molecule has 0 saturated carbocycles. The van der Waals surface area contributed by atoms with E-state index in [2.05, 4.69) is 31.3 Å². The molecule has 2 heterocycles. The second-order valence-corrected chi connectivity index (χ2v) is 5.93. The second-order valence-electron chi connectivity index (χ2n) is 4.25. The van der Waals surface area contributed by atoms with E-state index in [9.17, 15) is 0 Å². The lowest BCUT2D eigenvalue weighted by molar-refractivity contribution is 0.503. The molecular formula is C14H18ClNOS. The Morgan fingerprint density at radius 1 is 1.44 bits per heavy atom. The average Bonchev–Trinajstić information content (AvgIpc) is 2.94. The van der Waals surface area contributed by atoms with E-state index in [1.807, 2.05) is 6.92 Å². The van der Waals surface area contributed by atoms with Gasteiger partial charge >= 0.3 is 0 Å². The first kappa shape index (κ1) is 13.7. The van der Waals surface area contributed by atoms with Crippen molar-refractivity contribution < 1.29 is 4.42 Å². The summed E-state index contributed by atoms with van der Waals surface area (Å²) in [4.78, 5) is 1.25. The second kappa shape index (κ2) is 5.91. The highest BCUT2D eigenvalue weighted by atomic mass is 35.5. The minimum Gasteiger partial charge on any atom is -0.469 e. The molecule has 0 radical (unpaired) electrons. The lowest BCUT2D eigenvalue weighted by Gasteiger charge is -2.16. The van der Waals surface area contributed by atoms with Crippen molar-refractivity contribution in [1.29, 1.82) is 0 Å². The molecule has 2 nitrogen and oxygen atoms in total. The number of thiophene rings is 1. The van der Waals surface area contributed by atoms with Crippen LogP contribution < -0.4 is 5.32 Å². The Balaban J connectivity index is 2.39. The van der Waals surface area contributed by atoms with E-state index < -0.39 is 0 Å². The van der Waals surface area contributed by atoms with Gasteiger partial charge in [-0.05, 0) is 31.2 Å². The molecule has 2 aromatic heterocycles. The van der Waals surface area contributed by atoms with Crippen molar-refractivity contribution in [3.63, 3.8) is 0 Å². The molecule has 0 fully saturated rings. The molecule has 1 N–H and O–H groups in total. The third kappa shape index (κ3) is 2.63. The Morgan fingerprint density at radius 3 is 2.78 bits per heavy atom. The van der Waals surface area contributed by atoms with E-state index in [1.54, 1.807) is 17.6 Å². The molecule has 0 aliphatic rings. The van der Waals surface area contributed by atoms with Crippen LogP contribution in [0.1, 0.15) is 41.7 Å². The highest BCUT2D eigenvalue weighted by molar-refractivity contribution is 7.16. The molecule has 2 rings (SSSR count). The van der Waals surface area contributed by atoms with Gasteiger partial charge < -0.3 is 9.73 Å². The fourth-order valence-electron chi connectivity index (χ4n) is 2.09. The SMILES string of the molecule is CCNC(c1cc(C)c(Cl)s1)c1ccoc1CC. The summed E-state index contributed by atoms with van der Waals surface area (Å²) in [6.45, 7) is 7.17. The highest BCUT2D eigenvalue weighted by Gasteiger charge is 2.20. The average molecular weight is 284 g/mol. The van der Waals surface area contributed by atoms with Gasteiger partial charge in [-0.15, -0.1) is 11.3 Å². The van der Waals surface area contributed by atoms with Crippen LogP contribution in [0.5, 0.6) is 0 Å². The van der Waals surface area contributed by atoms with E-state index in [1.165, 1.54) is 10.4 Å². The zero-order valence-electron chi connectivity index (χ0n) is 10.9. The largest absolute Gasteiger partial charge is 0.469 e. The van der Waals surface area contributed by atoms with Gasteiger partial charge in [0, 0.05) is 16.9 Å². The van der Waals surface area contributed by atoms with Crippen molar-refractivity contribution in [2.24, 2.45) is 0 Å². The summed E-state index contributed by atoms with van der Waals surface area (Å²) in [6.07, 6.45) is 2.67. The molecule has 18 heavy (non-hydrogen) atoms. The number of nitrogens with one attached hydrogen (secondary N) is 1. The third-order valence-corrected chi connectivity index (χ3v) is 4.60. The van der Waals surface area contributed by atoms with Gasteiger partial charge in [-0.1, -0.05) is 25.4 Å². The summed E-state index contributed by atoms with van der Waals surface area (Å²) >= 11 is 7.82. The van der Waals surface area contributed by atoms with Gasteiger partial charge in [0.05, 0.1) is 16.6 Å². The van der Waals surface area contributed by atoms with Crippen LogP contribution in [0.3, 0.4) is 0 Å². The number of hydrogen-bond donors (Lipinski definition) is 1. The summed E-state index contributed by atoms with van der Waals surface area (Å²) in [5.74, 6) is 1.04. The van der Waals surface area contributed by atoms with Crippen molar-refractivity contribution in [3.8, 4) is 0 Å². The van der Waals surface area contributed by atoms with Crippen molar-refractivity contribution in [3.05, 3.63) is 44.5 Å². The summed E-state index contributed by atoms with van der Waals surface area (Å²) in [6, 6.07) is 4.39. The highest BCUT2D eigenvalue weighted by Crippen LogP contribution is 2.35. The third-order valence-electron chi connectivity index (χ3n) is 2.98. The molecule has 0 bridgehead atoms. The summed E-state index contributed by atoms with van der Waals surface area (Å²) < 4.78 is 6.40. The maximum Gasteiger partial charge on any atom is 0.108 e. The monoisotopic (exact) mass is 283 g/mol. The molecule has 0 spiro atoms. The molecular weight excluding hydrogens is 266 g/mol. The first-order valence-electron chi connectivity index (χ1n) is 6.22. The van der Waals surface area contributed by atoms with Gasteiger partial charge in [0.15, 0.2) is 0 Å². The number of halogens is 1. The Hall–Kier alpha value is -0.770. The van der Waals surface area contributed by atoms with E-state index in [-0.39, 0.29) is 6.04 Å². The minimum atomic E-state index is 0.180. The van der Waals surface area contributed by atoms with Crippen molar-refractivity contribution in [2.75, 3.05) is 6.54 Å². The summed E-state index contributed by atoms with van der Waals surface area (Å²) in [7, 11) is 0. The Labute approximate surface area is 117 Å². The maximum atomic E-state index is 6.18. The molecule has 1 unspecified atom stereocenters. The van der Waals surface area contributed by atoms with Gasteiger partial charge in [-0.3, -0.25) is 0 Å². The summed E-state index contributed by atoms with van der Waals surface area (Å²) in [5, 5.41) is 3.51. The van der Waals surface area contributed by atoms with Crippen LogP contribution in [0.15, 0.2) is 22.8 Å². The molecule has 0 aromatic carbocycles. The van der Waals surface area contributed by atoms with E-state index in [4.69, 9.17) is 16.0 Å². The first-order chi connectivity index (χ1) is 8.67. The number of furan rings is 1. The van der Waals surface area contributed by atoms with Gasteiger partial charge in [-0.25, -0.2) is 0 Å². The van der Waals surface area contributed by atoms with E-state index in [0.717, 1.165) is 28.6 Å². The molecule has 2 aromatic rings. The molecule has 98 valence electrons. The number of hydrogen-bond acceptors (Lipinski definition) is 3. The fourth-order valence-corrected chi connectivity index (χ4v) is 3.40. The Bertz CT molecular complexity index is 498. The van der Waals surface area contributed by atoms with Gasteiger partial charge in [0.1, 0.15) is 5.76 Å². The topological polar surface area (TPSA) is 25.2 Å². The van der Waals surface area contributed by atoms with Crippen molar-refractivity contribution >= 4 is 22.9 Å². The van der Waals surface area contributed by atoms with Gasteiger partial charge in [0.2, 0.25) is 0 Å². The normalized spacial score (nSPS) is 12.9. The zero-order valence-corrected chi connectivity index (χ0v) is 12.5. The molecule has 0 saturated heterocycles. The van der Waals surface area contributed by atoms with Crippen molar-refractivity contribution in [2.45, 2.75) is 33.2 Å². The van der Waals surface area contributed by atoms with E-state index in [0.29, 0.717) is 0 Å². The molecule has 4 heteroatoms. The number of aryl methyl sites for hydroxylation is 2. The number of rotatable bonds is 5. The zero-order chi connectivity index (χ0) is 13.1. The smallest absolute Gasteiger partial charge is 0.108 e. The van der Waals surface area contributed by atoms with Crippen LogP contribution >= 0.6 is 22.9 Å². The van der Waals surface area contributed by atoms with Crippen LogP contribution in [0.4, 0.5) is 0 Å². The van der Waals surface area contributed by atoms with Crippen LogP contribution in [-0.4, -0.2) is 6.54 Å². The maximum absolute atomic E-state index is 6.18. The fraction of sp³-hybridized carbons (Fsp3) is 0.429. The Kier molecular flexibility index (Phi) is 4.49.